The van der Waals surface area contributed by atoms with Crippen molar-refractivity contribution in [1.82, 2.24) is 15.0 Å². The molecule has 15 heavy (non-hydrogen) atoms. The van der Waals surface area contributed by atoms with Gasteiger partial charge >= 0.3 is 0 Å². The highest BCUT2D eigenvalue weighted by atomic mass is 32.2. The van der Waals surface area contributed by atoms with Gasteiger partial charge in [-0.1, -0.05) is 0 Å². The van der Waals surface area contributed by atoms with Gasteiger partial charge in [0.05, 0.1) is 6.20 Å². The molecule has 2 rings (SSSR count). The van der Waals surface area contributed by atoms with E-state index in [4.69, 9.17) is 4.42 Å². The van der Waals surface area contributed by atoms with E-state index >= 15 is 0 Å². The van der Waals surface area contributed by atoms with Gasteiger partial charge in [0.15, 0.2) is 0 Å². The molecule has 1 N–H and O–H groups in total. The highest BCUT2D eigenvalue weighted by molar-refractivity contribution is 7.99. The first-order valence-electron chi connectivity index (χ1n) is 4.52. The lowest BCUT2D eigenvalue weighted by molar-refractivity contribution is 0.454. The van der Waals surface area contributed by atoms with E-state index in [2.05, 4.69) is 20.3 Å². The highest BCUT2D eigenvalue weighted by Gasteiger charge is 2.03. The summed E-state index contributed by atoms with van der Waals surface area (Å²) in [6.45, 7) is 2.80. The Morgan fingerprint density at radius 3 is 3.07 bits per heavy atom. The van der Waals surface area contributed by atoms with E-state index in [-0.39, 0.29) is 0 Å². The van der Waals surface area contributed by atoms with Crippen LogP contribution in [0.5, 0.6) is 0 Å². The van der Waals surface area contributed by atoms with Crippen LogP contribution in [0.15, 0.2) is 39.4 Å². The number of rotatable bonds is 4. The highest BCUT2D eigenvalue weighted by Crippen LogP contribution is 2.24. The molecule has 0 spiro atoms. The van der Waals surface area contributed by atoms with Crippen LogP contribution in [0.4, 0.5) is 5.95 Å². The summed E-state index contributed by atoms with van der Waals surface area (Å²) in [6.07, 6.45) is 4.85. The second-order valence-electron chi connectivity index (χ2n) is 2.65. The zero-order chi connectivity index (χ0) is 10.5. The van der Waals surface area contributed by atoms with Gasteiger partial charge in [0.1, 0.15) is 11.3 Å². The van der Waals surface area contributed by atoms with Crippen molar-refractivity contribution in [3.05, 3.63) is 24.7 Å². The van der Waals surface area contributed by atoms with Crippen LogP contribution in [0.1, 0.15) is 6.92 Å². The van der Waals surface area contributed by atoms with Crippen molar-refractivity contribution in [2.24, 2.45) is 0 Å². The van der Waals surface area contributed by atoms with Crippen LogP contribution in [-0.2, 0) is 0 Å². The molecule has 0 fully saturated rings. The Hall–Kier alpha value is -1.56. The molecule has 0 radical (unpaired) electrons. The van der Waals surface area contributed by atoms with Gasteiger partial charge < -0.3 is 9.73 Å². The molecule has 0 unspecified atom stereocenters. The number of oxazole rings is 1. The maximum absolute atomic E-state index is 5.11. The lowest BCUT2D eigenvalue weighted by atomic mass is 10.6. The number of aromatic nitrogens is 3. The molecule has 2 heterocycles. The van der Waals surface area contributed by atoms with Crippen LogP contribution in [0.2, 0.25) is 0 Å². The summed E-state index contributed by atoms with van der Waals surface area (Å²) < 4.78 is 5.11. The Kier molecular flexibility index (Phi) is 3.18. The van der Waals surface area contributed by atoms with Crippen molar-refractivity contribution < 1.29 is 4.42 Å². The van der Waals surface area contributed by atoms with Crippen LogP contribution in [0.25, 0.3) is 0 Å². The molecular formula is C9H10N4OS. The van der Waals surface area contributed by atoms with Crippen molar-refractivity contribution in [3.8, 4) is 0 Å². The van der Waals surface area contributed by atoms with E-state index in [0.717, 1.165) is 11.6 Å². The fourth-order valence-corrected chi connectivity index (χ4v) is 1.65. The van der Waals surface area contributed by atoms with Crippen molar-refractivity contribution in [3.63, 3.8) is 0 Å². The average molecular weight is 222 g/mol. The van der Waals surface area contributed by atoms with Crippen LogP contribution >= 0.6 is 11.8 Å². The topological polar surface area (TPSA) is 63.8 Å². The van der Waals surface area contributed by atoms with E-state index in [0.29, 0.717) is 11.2 Å². The third-order valence-electron chi connectivity index (χ3n) is 1.57. The van der Waals surface area contributed by atoms with Crippen LogP contribution in [0.3, 0.4) is 0 Å². The minimum Gasteiger partial charge on any atom is -0.440 e. The summed E-state index contributed by atoms with van der Waals surface area (Å²) in [5, 5.41) is 4.43. The maximum atomic E-state index is 5.11. The molecule has 0 aromatic carbocycles. The van der Waals surface area contributed by atoms with Gasteiger partial charge in [0.25, 0.3) is 5.22 Å². The largest absolute Gasteiger partial charge is 0.440 e. The van der Waals surface area contributed by atoms with Gasteiger partial charge in [0, 0.05) is 12.7 Å². The van der Waals surface area contributed by atoms with E-state index in [9.17, 15) is 0 Å². The van der Waals surface area contributed by atoms with Crippen molar-refractivity contribution in [2.45, 2.75) is 17.2 Å². The Bertz CT molecular complexity index is 418. The van der Waals surface area contributed by atoms with Crippen LogP contribution in [0, 0.1) is 0 Å². The van der Waals surface area contributed by atoms with Gasteiger partial charge in [-0.2, -0.15) is 0 Å². The van der Waals surface area contributed by atoms with E-state index in [1.807, 2.05) is 13.0 Å². The number of anilines is 1. The molecule has 78 valence electrons. The Morgan fingerprint density at radius 1 is 1.40 bits per heavy atom. The molecule has 0 atom stereocenters. The Balaban J connectivity index is 2.11. The van der Waals surface area contributed by atoms with Crippen molar-refractivity contribution >= 4 is 17.7 Å². The SMILES string of the molecule is CCNc1nccc(Sc2ncco2)n1. The smallest absolute Gasteiger partial charge is 0.261 e. The molecule has 0 saturated carbocycles. The molecule has 0 bridgehead atoms. The zero-order valence-corrected chi connectivity index (χ0v) is 8.99. The van der Waals surface area contributed by atoms with Gasteiger partial charge in [-0.25, -0.2) is 15.0 Å². The second kappa shape index (κ2) is 4.79. The molecule has 0 saturated heterocycles. The Labute approximate surface area is 91.3 Å². The number of nitrogens with zero attached hydrogens (tertiary/aromatic N) is 3. The summed E-state index contributed by atoms with van der Waals surface area (Å²) in [4.78, 5) is 12.4. The summed E-state index contributed by atoms with van der Waals surface area (Å²) in [7, 11) is 0. The quantitative estimate of drug-likeness (QED) is 0.799. The monoisotopic (exact) mass is 222 g/mol. The number of nitrogens with one attached hydrogen (secondary N) is 1. The van der Waals surface area contributed by atoms with E-state index < -0.39 is 0 Å². The van der Waals surface area contributed by atoms with Crippen LogP contribution in [-0.4, -0.2) is 21.5 Å². The first-order chi connectivity index (χ1) is 7.38. The first kappa shape index (κ1) is 9.97. The molecule has 0 aliphatic heterocycles. The normalized spacial score (nSPS) is 10.2. The molecule has 0 amide bonds. The van der Waals surface area contributed by atoms with Crippen LogP contribution < -0.4 is 5.32 Å². The summed E-state index contributed by atoms with van der Waals surface area (Å²) in [5.74, 6) is 0.619. The molecule has 5 nitrogen and oxygen atoms in total. The van der Waals surface area contributed by atoms with Gasteiger partial charge in [0.2, 0.25) is 5.95 Å². The predicted octanol–water partition coefficient (Wildman–Crippen LogP) is 2.05. The Morgan fingerprint density at radius 2 is 2.33 bits per heavy atom. The predicted molar refractivity (Wildman–Crippen MR) is 56.8 cm³/mol. The first-order valence-corrected chi connectivity index (χ1v) is 5.34. The minimum absolute atomic E-state index is 0.580. The molecule has 2 aromatic rings. The maximum Gasteiger partial charge on any atom is 0.261 e. The van der Waals surface area contributed by atoms with Gasteiger partial charge in [-0.15, -0.1) is 0 Å². The lowest BCUT2D eigenvalue weighted by Gasteiger charge is -2.01. The third-order valence-corrected chi connectivity index (χ3v) is 2.38. The lowest BCUT2D eigenvalue weighted by Crippen LogP contribution is -2.01. The van der Waals surface area contributed by atoms with E-state index in [1.165, 1.54) is 18.0 Å². The molecular weight excluding hydrogens is 212 g/mol. The van der Waals surface area contributed by atoms with E-state index in [1.54, 1.807) is 12.4 Å². The van der Waals surface area contributed by atoms with Gasteiger partial charge in [-0.05, 0) is 24.8 Å². The molecule has 0 aliphatic carbocycles. The standard InChI is InChI=1S/C9H10N4OS/c1-2-10-8-11-4-3-7(13-8)15-9-12-5-6-14-9/h3-6H,2H2,1H3,(H,10,11,13). The molecule has 0 aliphatic rings. The molecule has 2 aromatic heterocycles. The summed E-state index contributed by atoms with van der Waals surface area (Å²) in [5.41, 5.74) is 0. The zero-order valence-electron chi connectivity index (χ0n) is 8.17. The minimum atomic E-state index is 0.580. The fourth-order valence-electron chi connectivity index (χ4n) is 0.992. The third kappa shape index (κ3) is 2.69. The summed E-state index contributed by atoms with van der Waals surface area (Å²) >= 11 is 1.37. The average Bonchev–Trinajstić information content (AvgIpc) is 2.71. The fraction of sp³-hybridized carbons (Fsp3) is 0.222. The summed E-state index contributed by atoms with van der Waals surface area (Å²) in [6, 6.07) is 1.82. The van der Waals surface area contributed by atoms with Crippen molar-refractivity contribution in [2.75, 3.05) is 11.9 Å². The van der Waals surface area contributed by atoms with Gasteiger partial charge in [-0.3, -0.25) is 0 Å². The van der Waals surface area contributed by atoms with Crippen molar-refractivity contribution in [1.29, 1.82) is 0 Å². The second-order valence-corrected chi connectivity index (χ2v) is 3.62. The molecule has 6 heteroatoms. The number of hydrogen-bond acceptors (Lipinski definition) is 6. The number of hydrogen-bond donors (Lipinski definition) is 1.